The van der Waals surface area contributed by atoms with Gasteiger partial charge in [0.15, 0.2) is 5.76 Å². The third kappa shape index (κ3) is 5.03. The number of nitriles is 1. The van der Waals surface area contributed by atoms with Crippen molar-refractivity contribution >= 4 is 43.1 Å². The van der Waals surface area contributed by atoms with E-state index in [1.165, 1.54) is 11.3 Å². The summed E-state index contributed by atoms with van der Waals surface area (Å²) < 4.78 is 46.5. The first-order valence-corrected chi connectivity index (χ1v) is 12.1. The maximum atomic E-state index is 14.3. The van der Waals surface area contributed by atoms with Gasteiger partial charge in [-0.3, -0.25) is 0 Å². The van der Waals surface area contributed by atoms with Crippen molar-refractivity contribution in [2.75, 3.05) is 19.7 Å². The minimum atomic E-state index is -4.14. The van der Waals surface area contributed by atoms with Crippen LogP contribution in [-0.4, -0.2) is 48.5 Å². The molecular formula is C22H20FN3O5S2. The Morgan fingerprint density at radius 1 is 1.24 bits per heavy atom. The molecule has 1 heterocycles. The van der Waals surface area contributed by atoms with Crippen molar-refractivity contribution in [3.63, 3.8) is 0 Å². The van der Waals surface area contributed by atoms with Crippen molar-refractivity contribution < 1.29 is 27.4 Å². The van der Waals surface area contributed by atoms with E-state index in [9.17, 15) is 28.0 Å². The molecule has 2 aromatic carbocycles. The van der Waals surface area contributed by atoms with Crippen LogP contribution in [0.3, 0.4) is 0 Å². The van der Waals surface area contributed by atoms with E-state index in [4.69, 9.17) is 4.74 Å². The molecule has 33 heavy (non-hydrogen) atoms. The summed E-state index contributed by atoms with van der Waals surface area (Å²) in [7, 11) is -4.14. The highest BCUT2D eigenvalue weighted by Gasteiger charge is 2.27. The van der Waals surface area contributed by atoms with Gasteiger partial charge in [-0.1, -0.05) is 26.0 Å². The summed E-state index contributed by atoms with van der Waals surface area (Å²) in [5.41, 5.74) is 0.296. The fourth-order valence-electron chi connectivity index (χ4n) is 3.03. The topological polar surface area (TPSA) is 121 Å². The summed E-state index contributed by atoms with van der Waals surface area (Å²) in [4.78, 5) is 16.1. The van der Waals surface area contributed by atoms with Crippen LogP contribution in [0.4, 0.5) is 4.39 Å². The predicted molar refractivity (Wildman–Crippen MR) is 122 cm³/mol. The molecule has 1 aromatic heterocycles. The largest absolute Gasteiger partial charge is 0.507 e. The van der Waals surface area contributed by atoms with Crippen LogP contribution in [0.1, 0.15) is 29.2 Å². The van der Waals surface area contributed by atoms with Gasteiger partial charge in [-0.25, -0.2) is 22.6 Å². The van der Waals surface area contributed by atoms with Crippen LogP contribution in [0.25, 0.3) is 15.8 Å². The van der Waals surface area contributed by atoms with Crippen LogP contribution in [-0.2, 0) is 14.8 Å². The number of sulfonamides is 1. The van der Waals surface area contributed by atoms with Gasteiger partial charge in [0.2, 0.25) is 10.0 Å². The molecule has 3 rings (SSSR count). The van der Waals surface area contributed by atoms with Gasteiger partial charge >= 0.3 is 5.97 Å². The number of hydrogen-bond donors (Lipinski definition) is 1. The first kappa shape index (κ1) is 24.3. The molecule has 0 aliphatic carbocycles. The summed E-state index contributed by atoms with van der Waals surface area (Å²) in [5.74, 6) is -2.49. The lowest BCUT2D eigenvalue weighted by Crippen LogP contribution is -2.31. The highest BCUT2D eigenvalue weighted by molar-refractivity contribution is 7.89. The molecule has 172 valence electrons. The number of hydrogen-bond acceptors (Lipinski definition) is 8. The second kappa shape index (κ2) is 10.1. The molecular weight excluding hydrogens is 469 g/mol. The number of aliphatic hydroxyl groups is 1. The van der Waals surface area contributed by atoms with E-state index < -0.39 is 39.1 Å². The molecule has 0 bridgehead atoms. The van der Waals surface area contributed by atoms with Crippen LogP contribution in [0.15, 0.2) is 53.1 Å². The van der Waals surface area contributed by atoms with Gasteiger partial charge in [0, 0.05) is 13.1 Å². The number of benzene rings is 2. The Bertz CT molecular complexity index is 1340. The molecule has 0 amide bonds. The molecule has 0 atom stereocenters. The maximum absolute atomic E-state index is 14.3. The minimum Gasteiger partial charge on any atom is -0.507 e. The van der Waals surface area contributed by atoms with E-state index in [0.29, 0.717) is 5.52 Å². The number of thiazole rings is 1. The Morgan fingerprint density at radius 2 is 1.94 bits per heavy atom. The van der Waals surface area contributed by atoms with E-state index in [1.807, 2.05) is 18.2 Å². The van der Waals surface area contributed by atoms with E-state index in [-0.39, 0.29) is 29.2 Å². The number of rotatable bonds is 8. The van der Waals surface area contributed by atoms with Crippen LogP contribution < -0.4 is 0 Å². The Kier molecular flexibility index (Phi) is 7.43. The van der Waals surface area contributed by atoms with E-state index in [2.05, 4.69) is 4.98 Å². The zero-order chi connectivity index (χ0) is 24.2. The van der Waals surface area contributed by atoms with Gasteiger partial charge in [0.25, 0.3) is 0 Å². The number of ether oxygens (including phenoxy) is 1. The number of allylic oxidation sites excluding steroid dienone is 1. The Morgan fingerprint density at radius 3 is 2.58 bits per heavy atom. The van der Waals surface area contributed by atoms with E-state index >= 15 is 0 Å². The molecule has 0 aliphatic heterocycles. The van der Waals surface area contributed by atoms with Gasteiger partial charge in [-0.05, 0) is 30.3 Å². The normalized spacial score (nSPS) is 12.5. The zero-order valence-electron chi connectivity index (χ0n) is 17.8. The fraction of sp³-hybridized carbons (Fsp3) is 0.227. The molecule has 0 saturated carbocycles. The minimum absolute atomic E-state index is 0.133. The van der Waals surface area contributed by atoms with Gasteiger partial charge in [-0.15, -0.1) is 11.3 Å². The molecule has 0 saturated heterocycles. The van der Waals surface area contributed by atoms with E-state index in [1.54, 1.807) is 26.0 Å². The second-order valence-electron chi connectivity index (χ2n) is 6.73. The number of carbonyl (C=O) groups excluding carboxylic acids is 1. The van der Waals surface area contributed by atoms with Crippen molar-refractivity contribution in [1.29, 1.82) is 5.26 Å². The predicted octanol–water partition coefficient (Wildman–Crippen LogP) is 4.12. The number of aromatic nitrogens is 1. The highest BCUT2D eigenvalue weighted by Crippen LogP contribution is 2.28. The number of nitrogens with zero attached hydrogens (tertiary/aromatic N) is 3. The molecule has 0 unspecified atom stereocenters. The third-order valence-electron chi connectivity index (χ3n) is 4.74. The molecule has 0 aliphatic rings. The lowest BCUT2D eigenvalue weighted by atomic mass is 10.2. The Labute approximate surface area is 194 Å². The lowest BCUT2D eigenvalue weighted by molar-refractivity contribution is 0.0502. The quantitative estimate of drug-likeness (QED) is 0.287. The average molecular weight is 490 g/mol. The van der Waals surface area contributed by atoms with Gasteiger partial charge in [-0.2, -0.15) is 9.57 Å². The van der Waals surface area contributed by atoms with Gasteiger partial charge in [0.05, 0.1) is 15.8 Å². The summed E-state index contributed by atoms with van der Waals surface area (Å²) in [6.07, 6.45) is 0. The van der Waals surface area contributed by atoms with Crippen LogP contribution in [0, 0.1) is 17.1 Å². The van der Waals surface area contributed by atoms with Gasteiger partial charge in [0.1, 0.15) is 34.0 Å². The third-order valence-corrected chi connectivity index (χ3v) is 7.86. The molecule has 0 radical (unpaired) electrons. The average Bonchev–Trinajstić information content (AvgIpc) is 3.22. The number of aliphatic hydroxyl groups excluding tert-OH is 1. The number of halogens is 1. The zero-order valence-corrected chi connectivity index (χ0v) is 19.4. The van der Waals surface area contributed by atoms with Crippen molar-refractivity contribution in [1.82, 2.24) is 9.29 Å². The number of para-hydroxylation sites is 1. The summed E-state index contributed by atoms with van der Waals surface area (Å²) >= 11 is 1.20. The molecule has 8 nitrogen and oxygen atoms in total. The second-order valence-corrected chi connectivity index (χ2v) is 9.67. The molecule has 0 spiro atoms. The van der Waals surface area contributed by atoms with Gasteiger partial charge < -0.3 is 9.84 Å². The number of carbonyl (C=O) groups is 1. The lowest BCUT2D eigenvalue weighted by Gasteiger charge is -2.19. The monoisotopic (exact) mass is 489 g/mol. The molecule has 11 heteroatoms. The van der Waals surface area contributed by atoms with Crippen molar-refractivity contribution in [3.8, 4) is 6.07 Å². The van der Waals surface area contributed by atoms with Crippen LogP contribution in [0.5, 0.6) is 0 Å². The molecule has 3 aromatic rings. The van der Waals surface area contributed by atoms with Crippen LogP contribution >= 0.6 is 11.3 Å². The number of esters is 1. The summed E-state index contributed by atoms with van der Waals surface area (Å²) in [6.45, 7) is 2.85. The SMILES string of the molecule is CCN(CC)S(=O)(=O)c1cc(C(=O)OCC(O)=C(C#N)c2nc3ccccc3s2)ccc1F. The first-order chi connectivity index (χ1) is 15.7. The summed E-state index contributed by atoms with van der Waals surface area (Å²) in [6, 6.07) is 11.9. The smallest absolute Gasteiger partial charge is 0.338 e. The Hall–Kier alpha value is -3.33. The summed E-state index contributed by atoms with van der Waals surface area (Å²) in [5, 5.41) is 20.1. The van der Waals surface area contributed by atoms with Crippen LogP contribution in [0.2, 0.25) is 0 Å². The van der Waals surface area contributed by atoms with Crippen molar-refractivity contribution in [2.45, 2.75) is 18.7 Å². The first-order valence-electron chi connectivity index (χ1n) is 9.87. The Balaban J connectivity index is 1.83. The number of fused-ring (bicyclic) bond motifs is 1. The van der Waals surface area contributed by atoms with Crippen molar-refractivity contribution in [2.24, 2.45) is 0 Å². The van der Waals surface area contributed by atoms with E-state index in [0.717, 1.165) is 27.2 Å². The highest BCUT2D eigenvalue weighted by atomic mass is 32.2. The standard InChI is InChI=1S/C22H20FN3O5S2/c1-3-26(4-2)33(29,30)20-11-14(9-10-16(20)23)22(28)31-13-18(27)15(12-24)21-25-17-7-5-6-8-19(17)32-21/h5-11,27H,3-4,13H2,1-2H3. The fourth-order valence-corrected chi connectivity index (χ4v) is 5.57. The molecule has 1 N–H and O–H groups in total. The molecule has 0 fully saturated rings. The maximum Gasteiger partial charge on any atom is 0.338 e. The van der Waals surface area contributed by atoms with Crippen molar-refractivity contribution in [3.05, 3.63) is 64.6 Å².